The summed E-state index contributed by atoms with van der Waals surface area (Å²) in [6.07, 6.45) is 8.97. The zero-order valence-electron chi connectivity index (χ0n) is 24.5. The molecule has 4 rings (SSSR count). The molecule has 3 aliphatic rings. The van der Waals surface area contributed by atoms with E-state index in [2.05, 4.69) is 111 Å². The van der Waals surface area contributed by atoms with E-state index < -0.39 is 8.32 Å². The Morgan fingerprint density at radius 3 is 2.39 bits per heavy atom. The Hall–Kier alpha value is -1.87. The minimum Gasteiger partial charge on any atom is -0.480 e. The number of hydrogen-bond acceptors (Lipinski definition) is 1. The van der Waals surface area contributed by atoms with Crippen molar-refractivity contribution in [3.63, 3.8) is 0 Å². The highest BCUT2D eigenvalue weighted by Gasteiger charge is 2.61. The fourth-order valence-corrected chi connectivity index (χ4v) is 7.95. The van der Waals surface area contributed by atoms with Gasteiger partial charge >= 0.3 is 14.1 Å². The van der Waals surface area contributed by atoms with Crippen LogP contribution in [0.3, 0.4) is 0 Å². The third-order valence-corrected chi connectivity index (χ3v) is 13.9. The first-order valence-corrected chi connectivity index (χ1v) is 17.0. The van der Waals surface area contributed by atoms with Gasteiger partial charge in [0.25, 0.3) is 0 Å². The van der Waals surface area contributed by atoms with Crippen LogP contribution in [0.15, 0.2) is 65.0 Å². The summed E-state index contributed by atoms with van der Waals surface area (Å²) in [5.74, 6) is 4.43. The summed E-state index contributed by atoms with van der Waals surface area (Å²) in [6.45, 7) is 24.0. The molecule has 2 fully saturated rings. The van der Waals surface area contributed by atoms with Gasteiger partial charge in [0.05, 0.1) is 5.57 Å². The summed E-state index contributed by atoms with van der Waals surface area (Å²) in [7, 11) is -2.06. The van der Waals surface area contributed by atoms with Crippen molar-refractivity contribution in [2.75, 3.05) is 0 Å². The lowest BCUT2D eigenvalue weighted by Crippen LogP contribution is -2.46. The highest BCUT2D eigenvalue weighted by atomic mass is 28.4. The molecule has 2 unspecified atom stereocenters. The zero-order chi connectivity index (χ0) is 26.5. The summed E-state index contributed by atoms with van der Waals surface area (Å²) in [5.41, 5.74) is 5.45. The van der Waals surface area contributed by atoms with Gasteiger partial charge in [0.15, 0.2) is 0 Å². The second kappa shape index (κ2) is 9.78. The molecule has 196 valence electrons. The Morgan fingerprint density at radius 2 is 1.78 bits per heavy atom. The second-order valence-electron chi connectivity index (χ2n) is 13.6. The van der Waals surface area contributed by atoms with Gasteiger partial charge in [0.1, 0.15) is 6.61 Å². The van der Waals surface area contributed by atoms with Gasteiger partial charge in [0, 0.05) is 23.5 Å². The first-order chi connectivity index (χ1) is 16.8. The molecule has 1 spiro atoms. The Balaban J connectivity index is 1.96. The molecule has 36 heavy (non-hydrogen) atoms. The molecule has 0 bridgehead atoms. The summed E-state index contributed by atoms with van der Waals surface area (Å²) in [4.78, 5) is 0. The second-order valence-corrected chi connectivity index (χ2v) is 18.3. The van der Waals surface area contributed by atoms with Gasteiger partial charge in [0.2, 0.25) is 5.76 Å². The predicted molar refractivity (Wildman–Crippen MR) is 155 cm³/mol. The monoisotopic (exact) mass is 505 g/mol. The van der Waals surface area contributed by atoms with Gasteiger partial charge in [-0.15, -0.1) is 0 Å². The fraction of sp³-hybridized carbons (Fsp3) is 0.606. The number of carbonyl (C=O) groups excluding carboxylic acids is 1. The van der Waals surface area contributed by atoms with E-state index >= 15 is 0 Å². The lowest BCUT2D eigenvalue weighted by molar-refractivity contribution is -0.312. The van der Waals surface area contributed by atoms with Crippen molar-refractivity contribution in [2.24, 2.45) is 29.1 Å². The lowest BCUT2D eigenvalue weighted by atomic mass is 9.54. The first-order valence-electron chi connectivity index (χ1n) is 14.1. The van der Waals surface area contributed by atoms with Crippen LogP contribution in [0.1, 0.15) is 80.2 Å². The van der Waals surface area contributed by atoms with Crippen LogP contribution in [0.5, 0.6) is 0 Å². The van der Waals surface area contributed by atoms with Gasteiger partial charge in [-0.1, -0.05) is 82.7 Å². The molecule has 2 saturated carbocycles. The molecule has 5 atom stereocenters. The molecule has 3 aliphatic carbocycles. The minimum absolute atomic E-state index is 0.0325. The van der Waals surface area contributed by atoms with Crippen LogP contribution in [0.2, 0.25) is 18.1 Å². The van der Waals surface area contributed by atoms with Crippen molar-refractivity contribution in [1.82, 2.24) is 0 Å². The van der Waals surface area contributed by atoms with Crippen molar-refractivity contribution in [3.05, 3.63) is 70.5 Å². The molecule has 1 aromatic carbocycles. The number of rotatable bonds is 5. The van der Waals surface area contributed by atoms with Crippen molar-refractivity contribution in [3.8, 4) is 0 Å². The SMILES string of the molecule is CC(C)=CC1C[C@@H](C)[C@@H]2CC[C@H](C)C3=C(OCc4ccccc4)C(=[O+][Si](C)(C)C(C)(C)C)C(C)=CC312. The molecule has 0 saturated heterocycles. The van der Waals surface area contributed by atoms with Crippen molar-refractivity contribution in [1.29, 1.82) is 0 Å². The molecule has 0 aromatic heterocycles. The van der Waals surface area contributed by atoms with Crippen molar-refractivity contribution < 1.29 is 8.85 Å². The highest BCUT2D eigenvalue weighted by Crippen LogP contribution is 2.65. The van der Waals surface area contributed by atoms with Crippen molar-refractivity contribution >= 4 is 14.1 Å². The Kier molecular flexibility index (Phi) is 7.38. The topological polar surface area (TPSA) is 20.5 Å². The molecule has 0 aliphatic heterocycles. The van der Waals surface area contributed by atoms with E-state index in [0.717, 1.165) is 11.5 Å². The molecular weight excluding hydrogens is 456 g/mol. The average Bonchev–Trinajstić information content (AvgIpc) is 3.03. The van der Waals surface area contributed by atoms with E-state index in [-0.39, 0.29) is 10.5 Å². The Labute approximate surface area is 221 Å². The maximum Gasteiger partial charge on any atom is 0.517 e. The van der Waals surface area contributed by atoms with Gasteiger partial charge in [-0.3, -0.25) is 0 Å². The molecule has 0 N–H and O–H groups in total. The van der Waals surface area contributed by atoms with Gasteiger partial charge in [-0.25, -0.2) is 0 Å². The van der Waals surface area contributed by atoms with E-state index in [4.69, 9.17) is 8.85 Å². The molecule has 1 aromatic rings. The van der Waals surface area contributed by atoms with Gasteiger partial charge in [-0.05, 0) is 74.8 Å². The number of ketones is 1. The average molecular weight is 506 g/mol. The first kappa shape index (κ1) is 27.2. The van der Waals surface area contributed by atoms with Crippen LogP contribution in [-0.2, 0) is 15.5 Å². The van der Waals surface area contributed by atoms with Crippen molar-refractivity contribution in [2.45, 2.75) is 99.4 Å². The predicted octanol–water partition coefficient (Wildman–Crippen LogP) is 9.18. The van der Waals surface area contributed by atoms with E-state index in [1.54, 1.807) is 0 Å². The van der Waals surface area contributed by atoms with Crippen LogP contribution in [0, 0.1) is 29.1 Å². The fourth-order valence-electron chi connectivity index (χ4n) is 6.88. The minimum atomic E-state index is -2.06. The molecule has 0 radical (unpaired) electrons. The maximum absolute atomic E-state index is 7.13. The molecular formula is C33H49O2Si+. The van der Waals surface area contributed by atoms with Gasteiger partial charge in [-0.2, -0.15) is 0 Å². The largest absolute Gasteiger partial charge is 0.517 e. The van der Waals surface area contributed by atoms with Crippen LogP contribution >= 0.6 is 0 Å². The summed E-state index contributed by atoms with van der Waals surface area (Å²) in [6, 6.07) is 10.6. The van der Waals surface area contributed by atoms with Gasteiger partial charge < -0.3 is 8.85 Å². The standard InChI is InChI=1S/C33H49O2Si/c1-22(2)18-27-19-24(4)28-17-16-23(3)29-31(34-21-26-14-12-11-13-15-26)30(25(5)20-33(27,28)29)35-36(9,10)32(6,7)8/h11-15,18,20,23-24,27-28H,16-17,19,21H2,1-10H3/q+1/t23-,24+,27?,28-,33?/m0/s1. The van der Waals surface area contributed by atoms with Crippen LogP contribution in [0.25, 0.3) is 0 Å². The van der Waals surface area contributed by atoms with E-state index in [9.17, 15) is 0 Å². The Morgan fingerprint density at radius 1 is 1.11 bits per heavy atom. The van der Waals surface area contributed by atoms with Crippen LogP contribution in [0.4, 0.5) is 0 Å². The number of benzene rings is 1. The van der Waals surface area contributed by atoms with E-state index in [0.29, 0.717) is 30.3 Å². The molecule has 0 heterocycles. The van der Waals surface area contributed by atoms with E-state index in [1.165, 1.54) is 41.5 Å². The molecule has 0 amide bonds. The Bertz CT molecular complexity index is 1090. The molecule has 3 heteroatoms. The summed E-state index contributed by atoms with van der Waals surface area (Å²) < 4.78 is 14.1. The smallest absolute Gasteiger partial charge is 0.480 e. The molecule has 2 nitrogen and oxygen atoms in total. The third-order valence-electron chi connectivity index (χ3n) is 9.60. The normalized spacial score (nSPS) is 31.6. The van der Waals surface area contributed by atoms with Crippen LogP contribution < -0.4 is 0 Å². The van der Waals surface area contributed by atoms with Crippen LogP contribution in [-0.4, -0.2) is 14.1 Å². The number of allylic oxidation sites excluding steroid dienone is 5. The maximum atomic E-state index is 7.13. The zero-order valence-corrected chi connectivity index (χ0v) is 25.5. The number of hydrogen-bond donors (Lipinski definition) is 0. The summed E-state index contributed by atoms with van der Waals surface area (Å²) in [5, 5.41) is 0.123. The van der Waals surface area contributed by atoms with E-state index in [1.807, 2.05) is 0 Å². The highest BCUT2D eigenvalue weighted by molar-refractivity contribution is 6.72. The number of ether oxygens (including phenoxy) is 1. The quantitative estimate of drug-likeness (QED) is 0.222. The third kappa shape index (κ3) is 4.73. The summed E-state index contributed by atoms with van der Waals surface area (Å²) >= 11 is 0. The lowest BCUT2D eigenvalue weighted by Gasteiger charge is -2.49.